The van der Waals surface area contributed by atoms with Gasteiger partial charge in [0, 0.05) is 28.9 Å². The topological polar surface area (TPSA) is 61.9 Å². The minimum atomic E-state index is -0.0691. The molecule has 6 nitrogen and oxygen atoms in total. The Bertz CT molecular complexity index is 1140. The zero-order chi connectivity index (χ0) is 23.5. The minimum Gasteiger partial charge on any atom is -0.378 e. The maximum Gasteiger partial charge on any atom is 0.257 e. The second-order valence-corrected chi connectivity index (χ2v) is 10.7. The first kappa shape index (κ1) is 23.2. The van der Waals surface area contributed by atoms with Crippen LogP contribution in [0.3, 0.4) is 0 Å². The Morgan fingerprint density at radius 3 is 2.62 bits per heavy atom. The number of ether oxygens (including phenoxy) is 1. The monoisotopic (exact) mass is 495 g/mol. The first-order valence-electron chi connectivity index (χ1n) is 11.7. The molecule has 3 aromatic rings. The van der Waals surface area contributed by atoms with Gasteiger partial charge >= 0.3 is 0 Å². The molecule has 2 aliphatic heterocycles. The standard InChI is InChI=1S/C26H29N3O3S2/c1-18-23(26(31)28-12-14-32-15-13-28)25(34-24(18)19-7-3-2-4-8-19)27-22(30)17-29-11-5-9-20(29)21-10-6-16-33-21/h2-4,6-8,10,16,20H,5,9,11-15,17H2,1H3,(H,27,30)/t20-/m1/s1. The zero-order valence-corrected chi connectivity index (χ0v) is 20.9. The van der Waals surface area contributed by atoms with E-state index in [2.05, 4.69) is 27.7 Å². The molecule has 2 aromatic heterocycles. The Labute approximate surface area is 208 Å². The second-order valence-electron chi connectivity index (χ2n) is 8.72. The number of carbonyl (C=O) groups excluding carboxylic acids is 2. The normalized spacial score (nSPS) is 18.9. The summed E-state index contributed by atoms with van der Waals surface area (Å²) in [6.45, 7) is 5.44. The van der Waals surface area contributed by atoms with Crippen molar-refractivity contribution in [3.8, 4) is 10.4 Å². The Morgan fingerprint density at radius 2 is 1.88 bits per heavy atom. The molecule has 0 spiro atoms. The van der Waals surface area contributed by atoms with E-state index in [0.29, 0.717) is 49.5 Å². The molecule has 1 N–H and O–H groups in total. The van der Waals surface area contributed by atoms with Crippen molar-refractivity contribution in [3.63, 3.8) is 0 Å². The van der Waals surface area contributed by atoms with Gasteiger partial charge in [-0.1, -0.05) is 36.4 Å². The molecule has 5 rings (SSSR count). The summed E-state index contributed by atoms with van der Waals surface area (Å²) in [5.41, 5.74) is 2.58. The van der Waals surface area contributed by atoms with Crippen molar-refractivity contribution >= 4 is 39.5 Å². The van der Waals surface area contributed by atoms with Crippen LogP contribution < -0.4 is 5.32 Å². The third-order valence-electron chi connectivity index (χ3n) is 6.53. The molecule has 2 saturated heterocycles. The van der Waals surface area contributed by atoms with Crippen molar-refractivity contribution in [1.82, 2.24) is 9.80 Å². The van der Waals surface area contributed by atoms with Gasteiger partial charge in [-0.3, -0.25) is 14.5 Å². The maximum atomic E-state index is 13.5. The number of morpholine rings is 1. The number of nitrogens with zero attached hydrogens (tertiary/aromatic N) is 2. The van der Waals surface area contributed by atoms with E-state index in [1.165, 1.54) is 16.2 Å². The van der Waals surface area contributed by atoms with Crippen molar-refractivity contribution in [2.75, 3.05) is 44.7 Å². The fourth-order valence-electron chi connectivity index (χ4n) is 4.82. The van der Waals surface area contributed by atoms with Crippen LogP contribution in [-0.4, -0.2) is 61.0 Å². The van der Waals surface area contributed by atoms with Gasteiger partial charge in [0.15, 0.2) is 0 Å². The number of hydrogen-bond acceptors (Lipinski definition) is 6. The van der Waals surface area contributed by atoms with Crippen LogP contribution in [0.25, 0.3) is 10.4 Å². The van der Waals surface area contributed by atoms with Crippen molar-refractivity contribution in [2.24, 2.45) is 0 Å². The van der Waals surface area contributed by atoms with Crippen LogP contribution in [0.5, 0.6) is 0 Å². The highest BCUT2D eigenvalue weighted by molar-refractivity contribution is 7.20. The molecule has 1 atom stereocenters. The number of thiophene rings is 2. The minimum absolute atomic E-state index is 0.0350. The third-order valence-corrected chi connectivity index (χ3v) is 8.76. The van der Waals surface area contributed by atoms with Crippen LogP contribution in [-0.2, 0) is 9.53 Å². The second kappa shape index (κ2) is 10.4. The lowest BCUT2D eigenvalue weighted by Crippen LogP contribution is -2.41. The molecule has 8 heteroatoms. The van der Waals surface area contributed by atoms with E-state index in [1.807, 2.05) is 42.2 Å². The molecule has 0 bridgehead atoms. The smallest absolute Gasteiger partial charge is 0.257 e. The first-order chi connectivity index (χ1) is 16.6. The Hall–Kier alpha value is -2.52. The highest BCUT2D eigenvalue weighted by atomic mass is 32.1. The molecule has 0 saturated carbocycles. The number of nitrogens with one attached hydrogen (secondary N) is 1. The summed E-state index contributed by atoms with van der Waals surface area (Å²) in [6.07, 6.45) is 2.16. The highest BCUT2D eigenvalue weighted by Crippen LogP contribution is 2.41. The number of hydrogen-bond donors (Lipinski definition) is 1. The predicted octanol–water partition coefficient (Wildman–Crippen LogP) is 5.03. The van der Waals surface area contributed by atoms with Gasteiger partial charge in [0.05, 0.1) is 25.3 Å². The largest absolute Gasteiger partial charge is 0.378 e. The van der Waals surface area contributed by atoms with Crippen molar-refractivity contribution in [1.29, 1.82) is 0 Å². The molecular weight excluding hydrogens is 466 g/mol. The Balaban J connectivity index is 1.40. The van der Waals surface area contributed by atoms with Gasteiger partial charge < -0.3 is 15.0 Å². The van der Waals surface area contributed by atoms with Gasteiger partial charge in [-0.2, -0.15) is 0 Å². The van der Waals surface area contributed by atoms with Crippen LogP contribution >= 0.6 is 22.7 Å². The quantitative estimate of drug-likeness (QED) is 0.521. The molecule has 2 aliphatic rings. The molecular formula is C26H29N3O3S2. The van der Waals surface area contributed by atoms with Crippen LogP contribution in [0.15, 0.2) is 47.8 Å². The van der Waals surface area contributed by atoms with E-state index in [9.17, 15) is 9.59 Å². The molecule has 0 radical (unpaired) electrons. The van der Waals surface area contributed by atoms with Gasteiger partial charge in [-0.15, -0.1) is 22.7 Å². The number of likely N-dealkylation sites (tertiary alicyclic amines) is 1. The lowest BCUT2D eigenvalue weighted by atomic mass is 10.1. The summed E-state index contributed by atoms with van der Waals surface area (Å²) in [5, 5.41) is 5.85. The predicted molar refractivity (Wildman–Crippen MR) is 138 cm³/mol. The van der Waals surface area contributed by atoms with Crippen LogP contribution in [0.4, 0.5) is 5.00 Å². The molecule has 178 valence electrons. The summed E-state index contributed by atoms with van der Waals surface area (Å²) in [6, 6.07) is 14.6. The first-order valence-corrected chi connectivity index (χ1v) is 13.4. The fraction of sp³-hybridized carbons (Fsp3) is 0.385. The number of benzene rings is 1. The van der Waals surface area contributed by atoms with E-state index in [0.717, 1.165) is 35.4 Å². The summed E-state index contributed by atoms with van der Waals surface area (Å²) in [7, 11) is 0. The van der Waals surface area contributed by atoms with Crippen LogP contribution in [0, 0.1) is 6.92 Å². The number of carbonyl (C=O) groups is 2. The molecule has 34 heavy (non-hydrogen) atoms. The average molecular weight is 496 g/mol. The summed E-state index contributed by atoms with van der Waals surface area (Å²) in [4.78, 5) is 33.2. The molecule has 2 amide bonds. The lowest BCUT2D eigenvalue weighted by Gasteiger charge is -2.27. The Morgan fingerprint density at radius 1 is 1.09 bits per heavy atom. The molecule has 2 fully saturated rings. The number of rotatable bonds is 6. The van der Waals surface area contributed by atoms with E-state index in [4.69, 9.17) is 4.74 Å². The van der Waals surface area contributed by atoms with E-state index in [-0.39, 0.29) is 11.8 Å². The third kappa shape index (κ3) is 4.81. The fourth-order valence-corrected chi connectivity index (χ4v) is 6.93. The van der Waals surface area contributed by atoms with Gasteiger partial charge in [0.1, 0.15) is 5.00 Å². The van der Waals surface area contributed by atoms with E-state index in [1.54, 1.807) is 11.3 Å². The summed E-state index contributed by atoms with van der Waals surface area (Å²) >= 11 is 3.24. The molecule has 0 unspecified atom stereocenters. The number of amides is 2. The van der Waals surface area contributed by atoms with Crippen molar-refractivity contribution in [2.45, 2.75) is 25.8 Å². The SMILES string of the molecule is Cc1c(-c2ccccc2)sc(NC(=O)CN2CCC[C@@H]2c2cccs2)c1C(=O)N1CCOCC1. The molecule has 1 aromatic carbocycles. The molecule has 4 heterocycles. The van der Waals surface area contributed by atoms with Gasteiger partial charge in [0.25, 0.3) is 5.91 Å². The van der Waals surface area contributed by atoms with Gasteiger partial charge in [-0.25, -0.2) is 0 Å². The highest BCUT2D eigenvalue weighted by Gasteiger charge is 2.31. The van der Waals surface area contributed by atoms with E-state index < -0.39 is 0 Å². The lowest BCUT2D eigenvalue weighted by molar-refractivity contribution is -0.117. The zero-order valence-electron chi connectivity index (χ0n) is 19.3. The summed E-state index contributed by atoms with van der Waals surface area (Å²) in [5.74, 6) is -0.104. The summed E-state index contributed by atoms with van der Waals surface area (Å²) < 4.78 is 5.43. The van der Waals surface area contributed by atoms with E-state index >= 15 is 0 Å². The Kier molecular flexibility index (Phi) is 7.10. The van der Waals surface area contributed by atoms with Crippen LogP contribution in [0.2, 0.25) is 0 Å². The van der Waals surface area contributed by atoms with Gasteiger partial charge in [-0.05, 0) is 48.9 Å². The van der Waals surface area contributed by atoms with Crippen molar-refractivity contribution in [3.05, 3.63) is 63.8 Å². The molecule has 0 aliphatic carbocycles. The number of anilines is 1. The van der Waals surface area contributed by atoms with Crippen LogP contribution in [0.1, 0.15) is 39.7 Å². The van der Waals surface area contributed by atoms with Gasteiger partial charge in [0.2, 0.25) is 5.91 Å². The van der Waals surface area contributed by atoms with Crippen molar-refractivity contribution < 1.29 is 14.3 Å². The average Bonchev–Trinajstić information content (AvgIpc) is 3.61. The maximum absolute atomic E-state index is 13.5.